The number of anilines is 1. The number of pyridine rings is 1. The summed E-state index contributed by atoms with van der Waals surface area (Å²) in [5.74, 6) is 2.82. The van der Waals surface area contributed by atoms with Gasteiger partial charge in [-0.3, -0.25) is 4.90 Å². The minimum atomic E-state index is -2.94. The van der Waals surface area contributed by atoms with E-state index < -0.39 is 6.61 Å². The van der Waals surface area contributed by atoms with Gasteiger partial charge in [0, 0.05) is 62.3 Å². The molecule has 2 aromatic heterocycles. The molecule has 2 N–H and O–H groups in total. The second-order valence-corrected chi connectivity index (χ2v) is 9.27. The maximum Gasteiger partial charge on any atom is 0.387 e. The molecule has 2 atom stereocenters. The van der Waals surface area contributed by atoms with Gasteiger partial charge in [0.2, 0.25) is 0 Å². The number of alkyl halides is 2. The molecule has 31 heavy (non-hydrogen) atoms. The van der Waals surface area contributed by atoms with Crippen LogP contribution in [0.15, 0.2) is 18.5 Å². The van der Waals surface area contributed by atoms with Crippen LogP contribution in [0.2, 0.25) is 0 Å². The SMILES string of the molecule is Nc1ncc(-c2cn(C3C4CN(C5CCOCC5)CC43)c(C3CC3)n2)cc1OC(F)F. The first-order chi connectivity index (χ1) is 15.1. The molecular formula is C22H27F2N5O2. The number of ether oxygens (including phenoxy) is 2. The van der Waals surface area contributed by atoms with Gasteiger partial charge in [0.1, 0.15) is 5.82 Å². The Morgan fingerprint density at radius 1 is 1.13 bits per heavy atom. The lowest BCUT2D eigenvalue weighted by atomic mass is 10.1. The molecule has 4 heterocycles. The fourth-order valence-electron chi connectivity index (χ4n) is 5.50. The number of imidazole rings is 1. The van der Waals surface area contributed by atoms with Crippen molar-refractivity contribution in [2.45, 2.75) is 50.3 Å². The van der Waals surface area contributed by atoms with Crippen LogP contribution in [0.25, 0.3) is 11.3 Å². The van der Waals surface area contributed by atoms with Gasteiger partial charge in [-0.05, 0) is 43.6 Å². The third-order valence-corrected chi connectivity index (χ3v) is 7.30. The van der Waals surface area contributed by atoms with E-state index in [-0.39, 0.29) is 11.6 Å². The first-order valence-corrected chi connectivity index (χ1v) is 11.2. The molecule has 2 saturated heterocycles. The molecule has 4 aliphatic rings. The predicted molar refractivity (Wildman–Crippen MR) is 110 cm³/mol. The van der Waals surface area contributed by atoms with Gasteiger partial charge < -0.3 is 19.8 Å². The van der Waals surface area contributed by atoms with Crippen molar-refractivity contribution in [1.29, 1.82) is 0 Å². The monoisotopic (exact) mass is 431 g/mol. The summed E-state index contributed by atoms with van der Waals surface area (Å²) < 4.78 is 37.8. The van der Waals surface area contributed by atoms with E-state index in [1.54, 1.807) is 6.20 Å². The summed E-state index contributed by atoms with van der Waals surface area (Å²) in [7, 11) is 0. The minimum Gasteiger partial charge on any atom is -0.431 e. The number of nitrogens with two attached hydrogens (primary N) is 1. The second kappa shape index (κ2) is 7.41. The lowest BCUT2D eigenvalue weighted by Gasteiger charge is -2.32. The smallest absolute Gasteiger partial charge is 0.387 e. The second-order valence-electron chi connectivity index (χ2n) is 9.27. The molecule has 6 rings (SSSR count). The summed E-state index contributed by atoms with van der Waals surface area (Å²) in [6.07, 6.45) is 8.25. The highest BCUT2D eigenvalue weighted by Crippen LogP contribution is 2.58. The molecular weight excluding hydrogens is 404 g/mol. The Morgan fingerprint density at radius 3 is 2.55 bits per heavy atom. The maximum atomic E-state index is 12.7. The molecule has 166 valence electrons. The molecule has 2 unspecified atom stereocenters. The normalized spacial score (nSPS) is 28.8. The molecule has 0 radical (unpaired) electrons. The number of aromatic nitrogens is 3. The summed E-state index contributed by atoms with van der Waals surface area (Å²) in [4.78, 5) is 11.6. The van der Waals surface area contributed by atoms with E-state index in [9.17, 15) is 8.78 Å². The summed E-state index contributed by atoms with van der Waals surface area (Å²) in [5.41, 5.74) is 7.10. The first-order valence-electron chi connectivity index (χ1n) is 11.2. The highest BCUT2D eigenvalue weighted by atomic mass is 19.3. The average molecular weight is 431 g/mol. The van der Waals surface area contributed by atoms with E-state index in [0.717, 1.165) is 63.5 Å². The summed E-state index contributed by atoms with van der Waals surface area (Å²) in [6.45, 7) is 1.11. The standard InChI is InChI=1S/C22H27F2N5O2/c23-22(24)31-18-7-13(8-26-20(18)25)17-11-29(21(27-17)12-1-2-12)19-15-9-28(10-16(15)19)14-3-5-30-6-4-14/h7-8,11-12,14-16,19,22H,1-6,9-10H2,(H2,25,26). The van der Waals surface area contributed by atoms with Gasteiger partial charge in [-0.25, -0.2) is 9.97 Å². The lowest BCUT2D eigenvalue weighted by molar-refractivity contribution is -0.0494. The van der Waals surface area contributed by atoms with Crippen molar-refractivity contribution in [2.24, 2.45) is 11.8 Å². The van der Waals surface area contributed by atoms with E-state index >= 15 is 0 Å². The van der Waals surface area contributed by atoms with Crippen molar-refractivity contribution < 1.29 is 18.3 Å². The molecule has 0 bridgehead atoms. The van der Waals surface area contributed by atoms with Crippen LogP contribution in [-0.2, 0) is 4.74 Å². The fourth-order valence-corrected chi connectivity index (χ4v) is 5.50. The Balaban J connectivity index is 1.23. The van der Waals surface area contributed by atoms with Crippen LogP contribution >= 0.6 is 0 Å². The van der Waals surface area contributed by atoms with E-state index in [2.05, 4.69) is 25.4 Å². The quantitative estimate of drug-likeness (QED) is 0.756. The summed E-state index contributed by atoms with van der Waals surface area (Å²) >= 11 is 0. The number of likely N-dealkylation sites (tertiary alicyclic amines) is 1. The number of nitrogen functional groups attached to an aromatic ring is 1. The molecule has 0 amide bonds. The number of nitrogens with zero attached hydrogens (tertiary/aromatic N) is 4. The maximum absolute atomic E-state index is 12.7. The van der Waals surface area contributed by atoms with Crippen LogP contribution in [0.3, 0.4) is 0 Å². The molecule has 4 fully saturated rings. The molecule has 0 spiro atoms. The Labute approximate surface area is 179 Å². The van der Waals surface area contributed by atoms with E-state index in [0.29, 0.717) is 35.4 Å². The first kappa shape index (κ1) is 19.4. The van der Waals surface area contributed by atoms with E-state index in [1.807, 2.05) is 0 Å². The zero-order valence-electron chi connectivity index (χ0n) is 17.3. The van der Waals surface area contributed by atoms with Gasteiger partial charge >= 0.3 is 6.61 Å². The van der Waals surface area contributed by atoms with Crippen molar-refractivity contribution in [2.75, 3.05) is 32.0 Å². The van der Waals surface area contributed by atoms with Crippen molar-refractivity contribution in [3.05, 3.63) is 24.3 Å². The minimum absolute atomic E-state index is 0.0455. The van der Waals surface area contributed by atoms with Gasteiger partial charge in [0.25, 0.3) is 0 Å². The fraction of sp³-hybridized carbons (Fsp3) is 0.636. The molecule has 9 heteroatoms. The Bertz CT molecular complexity index is 961. The zero-order valence-corrected chi connectivity index (χ0v) is 17.3. The number of fused-ring (bicyclic) bond motifs is 1. The van der Waals surface area contributed by atoms with Gasteiger partial charge in [0.05, 0.1) is 5.69 Å². The van der Waals surface area contributed by atoms with Gasteiger partial charge in [-0.15, -0.1) is 0 Å². The zero-order chi connectivity index (χ0) is 21.1. The number of piperidine rings is 1. The highest BCUT2D eigenvalue weighted by Gasteiger charge is 2.58. The molecule has 0 aromatic carbocycles. The Hall–Kier alpha value is -2.26. The molecule has 7 nitrogen and oxygen atoms in total. The van der Waals surface area contributed by atoms with Crippen molar-refractivity contribution in [1.82, 2.24) is 19.4 Å². The van der Waals surface area contributed by atoms with Crippen LogP contribution in [0, 0.1) is 11.8 Å². The molecule has 2 aliphatic carbocycles. The van der Waals surface area contributed by atoms with Crippen LogP contribution in [0.4, 0.5) is 14.6 Å². The van der Waals surface area contributed by atoms with E-state index in [4.69, 9.17) is 15.5 Å². The molecule has 2 aromatic rings. The largest absolute Gasteiger partial charge is 0.431 e. The van der Waals surface area contributed by atoms with Gasteiger partial charge in [-0.2, -0.15) is 8.78 Å². The topological polar surface area (TPSA) is 78.4 Å². The summed E-state index contributed by atoms with van der Waals surface area (Å²) in [6, 6.07) is 2.67. The van der Waals surface area contributed by atoms with Gasteiger partial charge in [0.15, 0.2) is 11.6 Å². The van der Waals surface area contributed by atoms with Crippen molar-refractivity contribution >= 4 is 5.82 Å². The Kier molecular flexibility index (Phi) is 4.64. The number of halogens is 2. The predicted octanol–water partition coefficient (Wildman–Crippen LogP) is 3.29. The van der Waals surface area contributed by atoms with Crippen LogP contribution < -0.4 is 10.5 Å². The van der Waals surface area contributed by atoms with Crippen LogP contribution in [0.5, 0.6) is 5.75 Å². The number of rotatable bonds is 6. The Morgan fingerprint density at radius 2 is 1.87 bits per heavy atom. The third kappa shape index (κ3) is 3.57. The lowest BCUT2D eigenvalue weighted by Crippen LogP contribution is -2.39. The van der Waals surface area contributed by atoms with Crippen LogP contribution in [0.1, 0.15) is 43.5 Å². The molecule has 2 aliphatic heterocycles. The van der Waals surface area contributed by atoms with Crippen molar-refractivity contribution in [3.63, 3.8) is 0 Å². The van der Waals surface area contributed by atoms with Crippen molar-refractivity contribution in [3.8, 4) is 17.0 Å². The van der Waals surface area contributed by atoms with Gasteiger partial charge in [-0.1, -0.05) is 0 Å². The van der Waals surface area contributed by atoms with Crippen LogP contribution in [-0.4, -0.2) is 58.4 Å². The number of hydrogen-bond acceptors (Lipinski definition) is 6. The third-order valence-electron chi connectivity index (χ3n) is 7.30. The highest BCUT2D eigenvalue weighted by molar-refractivity contribution is 5.64. The molecule has 2 saturated carbocycles. The summed E-state index contributed by atoms with van der Waals surface area (Å²) in [5, 5.41) is 0. The average Bonchev–Trinajstić information content (AvgIpc) is 3.64. The number of hydrogen-bond donors (Lipinski definition) is 1. The van der Waals surface area contributed by atoms with E-state index in [1.165, 1.54) is 6.07 Å².